The Bertz CT molecular complexity index is 673. The van der Waals surface area contributed by atoms with Crippen LogP contribution in [0.2, 0.25) is 0 Å². The molecular weight excluding hydrogens is 281 g/mol. The second-order valence-electron chi connectivity index (χ2n) is 4.33. The first-order chi connectivity index (χ1) is 9.90. The Balaban J connectivity index is 2.29. The van der Waals surface area contributed by atoms with Gasteiger partial charge < -0.3 is 10.5 Å². The minimum atomic E-state index is -4.55. The summed E-state index contributed by atoms with van der Waals surface area (Å²) < 4.78 is 44.0. The number of rotatable bonds is 3. The summed E-state index contributed by atoms with van der Waals surface area (Å²) >= 11 is 0. The van der Waals surface area contributed by atoms with Crippen LogP contribution in [0.25, 0.3) is 0 Å². The Morgan fingerprint density at radius 2 is 1.76 bits per heavy atom. The average molecular weight is 292 g/mol. The topological polar surface area (TPSA) is 59.0 Å². The standard InChI is InChI=1S/C15H11F3N2O/c16-15(17,18)13-9-11(20)3-6-14(13)21-12-4-1-10(2-5-12)7-8-19/h1-6,9H,7,20H2. The number of nitrogen functional groups attached to an aromatic ring is 1. The summed E-state index contributed by atoms with van der Waals surface area (Å²) in [5.41, 5.74) is 5.23. The molecule has 0 spiro atoms. The lowest BCUT2D eigenvalue weighted by atomic mass is 10.1. The second kappa shape index (κ2) is 5.75. The summed E-state index contributed by atoms with van der Waals surface area (Å²) in [6.45, 7) is 0. The van der Waals surface area contributed by atoms with E-state index in [0.717, 1.165) is 11.6 Å². The lowest BCUT2D eigenvalue weighted by Gasteiger charge is -2.14. The van der Waals surface area contributed by atoms with Gasteiger partial charge in [-0.05, 0) is 35.9 Å². The molecule has 2 aromatic rings. The Labute approximate surface area is 119 Å². The summed E-state index contributed by atoms with van der Waals surface area (Å²) in [6.07, 6.45) is -4.32. The number of nitrogens with zero attached hydrogens (tertiary/aromatic N) is 1. The third-order valence-electron chi connectivity index (χ3n) is 2.74. The van der Waals surface area contributed by atoms with Gasteiger partial charge in [0.25, 0.3) is 0 Å². The number of alkyl halides is 3. The maximum absolute atomic E-state index is 12.9. The van der Waals surface area contributed by atoms with Gasteiger partial charge in [0, 0.05) is 5.69 Å². The summed E-state index contributed by atoms with van der Waals surface area (Å²) in [5, 5.41) is 8.56. The van der Waals surface area contributed by atoms with E-state index in [2.05, 4.69) is 0 Å². The van der Waals surface area contributed by atoms with Gasteiger partial charge in [0.05, 0.1) is 12.5 Å². The quantitative estimate of drug-likeness (QED) is 0.865. The number of hydrogen-bond acceptors (Lipinski definition) is 3. The van der Waals surface area contributed by atoms with Crippen molar-refractivity contribution in [1.82, 2.24) is 0 Å². The molecular formula is C15H11F3N2O. The number of benzene rings is 2. The van der Waals surface area contributed by atoms with E-state index in [4.69, 9.17) is 15.7 Å². The maximum atomic E-state index is 12.9. The van der Waals surface area contributed by atoms with Crippen molar-refractivity contribution in [2.24, 2.45) is 0 Å². The molecule has 3 nitrogen and oxygen atoms in total. The highest BCUT2D eigenvalue weighted by Gasteiger charge is 2.34. The highest BCUT2D eigenvalue weighted by atomic mass is 19.4. The van der Waals surface area contributed by atoms with Gasteiger partial charge in [-0.3, -0.25) is 0 Å². The molecule has 0 amide bonds. The predicted molar refractivity (Wildman–Crippen MR) is 71.7 cm³/mol. The molecule has 0 aromatic heterocycles. The fraction of sp³-hybridized carbons (Fsp3) is 0.133. The molecule has 2 N–H and O–H groups in total. The van der Waals surface area contributed by atoms with Gasteiger partial charge in [-0.25, -0.2) is 0 Å². The molecule has 108 valence electrons. The van der Waals surface area contributed by atoms with E-state index in [0.29, 0.717) is 0 Å². The molecule has 0 saturated carbocycles. The number of hydrogen-bond donors (Lipinski definition) is 1. The van der Waals surface area contributed by atoms with Crippen LogP contribution < -0.4 is 10.5 Å². The molecule has 0 radical (unpaired) electrons. The van der Waals surface area contributed by atoms with Crippen LogP contribution in [0.1, 0.15) is 11.1 Å². The van der Waals surface area contributed by atoms with Crippen LogP contribution in [0, 0.1) is 11.3 Å². The summed E-state index contributed by atoms with van der Waals surface area (Å²) in [4.78, 5) is 0. The van der Waals surface area contributed by atoms with Crippen LogP contribution in [0.4, 0.5) is 18.9 Å². The second-order valence-corrected chi connectivity index (χ2v) is 4.33. The Hall–Kier alpha value is -2.68. The van der Waals surface area contributed by atoms with E-state index in [1.54, 1.807) is 12.1 Å². The van der Waals surface area contributed by atoms with Gasteiger partial charge in [0.1, 0.15) is 17.1 Å². The largest absolute Gasteiger partial charge is 0.457 e. The minimum Gasteiger partial charge on any atom is -0.457 e. The van der Waals surface area contributed by atoms with Crippen LogP contribution in [0.3, 0.4) is 0 Å². The molecule has 0 heterocycles. The van der Waals surface area contributed by atoms with Crippen molar-refractivity contribution in [3.63, 3.8) is 0 Å². The minimum absolute atomic E-state index is 0.0130. The van der Waals surface area contributed by atoms with Crippen molar-refractivity contribution in [3.8, 4) is 17.6 Å². The first kappa shape index (κ1) is 14.7. The first-order valence-electron chi connectivity index (χ1n) is 6.00. The van der Waals surface area contributed by atoms with Gasteiger partial charge in [0.2, 0.25) is 0 Å². The SMILES string of the molecule is N#CCc1ccc(Oc2ccc(N)cc2C(F)(F)F)cc1. The number of nitriles is 1. The molecule has 0 aliphatic rings. The molecule has 0 fully saturated rings. The molecule has 0 bridgehead atoms. The molecule has 0 saturated heterocycles. The molecule has 2 aromatic carbocycles. The zero-order valence-electron chi connectivity index (χ0n) is 10.8. The number of halogens is 3. The van der Waals surface area contributed by atoms with Crippen molar-refractivity contribution in [2.45, 2.75) is 12.6 Å². The Morgan fingerprint density at radius 3 is 2.33 bits per heavy atom. The average Bonchev–Trinajstić information content (AvgIpc) is 2.42. The lowest BCUT2D eigenvalue weighted by Crippen LogP contribution is -2.08. The van der Waals surface area contributed by atoms with E-state index >= 15 is 0 Å². The fourth-order valence-corrected chi connectivity index (χ4v) is 1.75. The maximum Gasteiger partial charge on any atom is 0.420 e. The van der Waals surface area contributed by atoms with Crippen LogP contribution in [0.5, 0.6) is 11.5 Å². The van der Waals surface area contributed by atoms with Gasteiger partial charge in [-0.15, -0.1) is 0 Å². The third-order valence-corrected chi connectivity index (χ3v) is 2.74. The zero-order chi connectivity index (χ0) is 15.5. The molecule has 21 heavy (non-hydrogen) atoms. The predicted octanol–water partition coefficient (Wildman–Crippen LogP) is 4.15. The molecule has 2 rings (SSSR count). The number of nitrogens with two attached hydrogens (primary N) is 1. The molecule has 0 aliphatic carbocycles. The van der Waals surface area contributed by atoms with Crippen molar-refractivity contribution in [2.75, 3.05) is 5.73 Å². The highest BCUT2D eigenvalue weighted by Crippen LogP contribution is 2.39. The molecule has 6 heteroatoms. The van der Waals surface area contributed by atoms with E-state index in [-0.39, 0.29) is 23.6 Å². The monoisotopic (exact) mass is 292 g/mol. The lowest BCUT2D eigenvalue weighted by molar-refractivity contribution is -0.138. The van der Waals surface area contributed by atoms with Gasteiger partial charge in [-0.2, -0.15) is 18.4 Å². The number of ether oxygens (including phenoxy) is 1. The van der Waals surface area contributed by atoms with E-state index in [1.165, 1.54) is 24.3 Å². The highest BCUT2D eigenvalue weighted by molar-refractivity contribution is 5.50. The van der Waals surface area contributed by atoms with Crippen molar-refractivity contribution >= 4 is 5.69 Å². The fourth-order valence-electron chi connectivity index (χ4n) is 1.75. The van der Waals surface area contributed by atoms with Crippen LogP contribution in [0.15, 0.2) is 42.5 Å². The van der Waals surface area contributed by atoms with Crippen LogP contribution >= 0.6 is 0 Å². The Kier molecular flexibility index (Phi) is 4.03. The summed E-state index contributed by atoms with van der Waals surface area (Å²) in [6, 6.07) is 11.6. The van der Waals surface area contributed by atoms with Crippen molar-refractivity contribution < 1.29 is 17.9 Å². The first-order valence-corrected chi connectivity index (χ1v) is 6.00. The molecule has 0 atom stereocenters. The smallest absolute Gasteiger partial charge is 0.420 e. The normalized spacial score (nSPS) is 11.0. The summed E-state index contributed by atoms with van der Waals surface area (Å²) in [7, 11) is 0. The van der Waals surface area contributed by atoms with Crippen LogP contribution in [-0.4, -0.2) is 0 Å². The van der Waals surface area contributed by atoms with Crippen molar-refractivity contribution in [1.29, 1.82) is 5.26 Å². The Morgan fingerprint density at radius 1 is 1.10 bits per heavy atom. The van der Waals surface area contributed by atoms with E-state index < -0.39 is 11.7 Å². The van der Waals surface area contributed by atoms with E-state index in [9.17, 15) is 13.2 Å². The summed E-state index contributed by atoms with van der Waals surface area (Å²) in [5.74, 6) is -0.0586. The van der Waals surface area contributed by atoms with Crippen LogP contribution in [-0.2, 0) is 12.6 Å². The molecule has 0 unspecified atom stereocenters. The zero-order valence-corrected chi connectivity index (χ0v) is 10.8. The van der Waals surface area contributed by atoms with Gasteiger partial charge in [0.15, 0.2) is 0 Å². The van der Waals surface area contributed by atoms with E-state index in [1.807, 2.05) is 6.07 Å². The van der Waals surface area contributed by atoms with Gasteiger partial charge >= 0.3 is 6.18 Å². The van der Waals surface area contributed by atoms with Crippen molar-refractivity contribution in [3.05, 3.63) is 53.6 Å². The third kappa shape index (κ3) is 3.66. The number of anilines is 1. The molecule has 0 aliphatic heterocycles. The van der Waals surface area contributed by atoms with Gasteiger partial charge in [-0.1, -0.05) is 12.1 Å².